The van der Waals surface area contributed by atoms with E-state index >= 15 is 0 Å². The van der Waals surface area contributed by atoms with Gasteiger partial charge in [-0.2, -0.15) is 0 Å². The summed E-state index contributed by atoms with van der Waals surface area (Å²) in [7, 11) is -1.50. The van der Waals surface area contributed by atoms with Crippen LogP contribution in [0.15, 0.2) is 66.7 Å². The van der Waals surface area contributed by atoms with Crippen LogP contribution in [0.5, 0.6) is 0 Å². The molecule has 0 spiro atoms. The molecule has 0 fully saturated rings. The van der Waals surface area contributed by atoms with Crippen molar-refractivity contribution >= 4 is 34.4 Å². The number of benzene rings is 3. The van der Waals surface area contributed by atoms with Gasteiger partial charge in [0.2, 0.25) is 0 Å². The second kappa shape index (κ2) is 5.02. The van der Waals surface area contributed by atoms with E-state index in [1.165, 1.54) is 0 Å². The van der Waals surface area contributed by atoms with E-state index < -0.39 is 7.12 Å². The van der Waals surface area contributed by atoms with Crippen LogP contribution < -0.4 is 5.46 Å². The zero-order valence-corrected chi connectivity index (χ0v) is 11.8. The molecular formula is C18H14BNO2. The molecule has 0 aliphatic carbocycles. The highest BCUT2D eigenvalue weighted by molar-refractivity contribution is 6.62. The van der Waals surface area contributed by atoms with Crippen LogP contribution in [-0.4, -0.2) is 22.2 Å². The Hall–Kier alpha value is -2.56. The first-order valence-electron chi connectivity index (χ1n) is 7.20. The van der Waals surface area contributed by atoms with Crippen molar-refractivity contribution in [2.75, 3.05) is 0 Å². The summed E-state index contributed by atoms with van der Waals surface area (Å²) in [5, 5.41) is 21.4. The number of hydrogen-bond donors (Lipinski definition) is 3. The number of hydrogen-bond acceptors (Lipinski definition) is 2. The van der Waals surface area contributed by atoms with E-state index in [2.05, 4.69) is 17.1 Å². The number of fused-ring (bicyclic) bond motifs is 3. The van der Waals surface area contributed by atoms with Gasteiger partial charge >= 0.3 is 7.12 Å². The van der Waals surface area contributed by atoms with Crippen molar-refractivity contribution in [2.24, 2.45) is 0 Å². The molecule has 0 bridgehead atoms. The van der Waals surface area contributed by atoms with Gasteiger partial charge in [0.1, 0.15) is 0 Å². The van der Waals surface area contributed by atoms with Crippen molar-refractivity contribution in [3.63, 3.8) is 0 Å². The van der Waals surface area contributed by atoms with Crippen molar-refractivity contribution in [1.29, 1.82) is 0 Å². The minimum atomic E-state index is -1.50. The number of aromatic amines is 1. The Balaban J connectivity index is 2.17. The van der Waals surface area contributed by atoms with Gasteiger partial charge < -0.3 is 15.0 Å². The van der Waals surface area contributed by atoms with E-state index in [1.807, 2.05) is 48.5 Å². The third kappa shape index (κ3) is 1.93. The topological polar surface area (TPSA) is 56.2 Å². The predicted octanol–water partition coefficient (Wildman–Crippen LogP) is 2.67. The van der Waals surface area contributed by atoms with E-state index in [0.717, 1.165) is 32.9 Å². The second-order valence-electron chi connectivity index (χ2n) is 5.36. The summed E-state index contributed by atoms with van der Waals surface area (Å²) >= 11 is 0. The summed E-state index contributed by atoms with van der Waals surface area (Å²) in [6.07, 6.45) is 0. The van der Waals surface area contributed by atoms with Gasteiger partial charge in [0, 0.05) is 27.3 Å². The summed E-state index contributed by atoms with van der Waals surface area (Å²) in [5.41, 5.74) is 4.44. The second-order valence-corrected chi connectivity index (χ2v) is 5.36. The van der Waals surface area contributed by atoms with Crippen LogP contribution in [-0.2, 0) is 0 Å². The maximum Gasteiger partial charge on any atom is 0.490 e. The molecule has 0 atom stereocenters. The molecule has 106 valence electrons. The fourth-order valence-electron chi connectivity index (χ4n) is 3.05. The molecule has 3 N–H and O–H groups in total. The van der Waals surface area contributed by atoms with Crippen LogP contribution in [0.4, 0.5) is 0 Å². The first-order chi connectivity index (χ1) is 10.8. The van der Waals surface area contributed by atoms with E-state index in [-0.39, 0.29) is 0 Å². The van der Waals surface area contributed by atoms with Crippen LogP contribution in [0, 0.1) is 0 Å². The average molecular weight is 287 g/mol. The summed E-state index contributed by atoms with van der Waals surface area (Å²) in [6, 6.07) is 21.8. The quantitative estimate of drug-likeness (QED) is 0.496. The molecule has 4 heteroatoms. The first-order valence-corrected chi connectivity index (χ1v) is 7.20. The fraction of sp³-hybridized carbons (Fsp3) is 0. The normalized spacial score (nSPS) is 11.2. The van der Waals surface area contributed by atoms with Crippen molar-refractivity contribution < 1.29 is 10.0 Å². The molecular weight excluding hydrogens is 273 g/mol. The Morgan fingerprint density at radius 2 is 1.50 bits per heavy atom. The molecule has 0 amide bonds. The number of para-hydroxylation sites is 1. The Morgan fingerprint density at radius 3 is 2.27 bits per heavy atom. The van der Waals surface area contributed by atoms with Gasteiger partial charge in [-0.3, -0.25) is 0 Å². The van der Waals surface area contributed by atoms with E-state index in [9.17, 15) is 10.0 Å². The lowest BCUT2D eigenvalue weighted by Crippen LogP contribution is -2.30. The molecule has 4 aromatic rings. The zero-order chi connectivity index (χ0) is 15.1. The van der Waals surface area contributed by atoms with E-state index in [0.29, 0.717) is 5.46 Å². The van der Waals surface area contributed by atoms with E-state index in [1.54, 1.807) is 6.07 Å². The summed E-state index contributed by atoms with van der Waals surface area (Å²) < 4.78 is 0. The molecule has 4 rings (SSSR count). The minimum absolute atomic E-state index is 0.492. The summed E-state index contributed by atoms with van der Waals surface area (Å²) in [5.74, 6) is 0. The third-order valence-electron chi connectivity index (χ3n) is 4.06. The first kappa shape index (κ1) is 13.1. The molecule has 0 saturated heterocycles. The standard InChI is InChI=1S/C18H14BNO2/c21-19(22)15-11-10-13(12-6-2-1-3-7-12)17-14-8-4-5-9-16(14)20-18(15)17/h1-11,20-22H. The molecule has 0 saturated carbocycles. The van der Waals surface area contributed by atoms with Crippen LogP contribution in [0.2, 0.25) is 0 Å². The molecule has 3 nitrogen and oxygen atoms in total. The molecule has 0 aliphatic rings. The lowest BCUT2D eigenvalue weighted by molar-refractivity contribution is 0.426. The highest BCUT2D eigenvalue weighted by Gasteiger charge is 2.19. The maximum absolute atomic E-state index is 9.64. The van der Waals surface area contributed by atoms with Crippen LogP contribution >= 0.6 is 0 Å². The maximum atomic E-state index is 9.64. The van der Waals surface area contributed by atoms with Crippen LogP contribution in [0.25, 0.3) is 32.9 Å². The largest absolute Gasteiger partial charge is 0.490 e. The number of aromatic nitrogens is 1. The van der Waals surface area contributed by atoms with Gasteiger partial charge in [-0.25, -0.2) is 0 Å². The molecule has 22 heavy (non-hydrogen) atoms. The Kier molecular flexibility index (Phi) is 3.00. The summed E-state index contributed by atoms with van der Waals surface area (Å²) in [4.78, 5) is 3.32. The SMILES string of the molecule is OB(O)c1ccc(-c2ccccc2)c2c1[nH]c1ccccc12. The number of nitrogens with one attached hydrogen (secondary N) is 1. The molecule has 0 radical (unpaired) electrons. The Labute approximate surface area is 128 Å². The van der Waals surface area contributed by atoms with Gasteiger partial charge in [0.25, 0.3) is 0 Å². The molecule has 0 unspecified atom stereocenters. The van der Waals surface area contributed by atoms with Crippen molar-refractivity contribution in [3.05, 3.63) is 66.7 Å². The minimum Gasteiger partial charge on any atom is -0.423 e. The number of H-pyrrole nitrogens is 1. The molecule has 1 aromatic heterocycles. The lowest BCUT2D eigenvalue weighted by atomic mass is 9.78. The fourth-order valence-corrected chi connectivity index (χ4v) is 3.05. The van der Waals surface area contributed by atoms with Gasteiger partial charge in [-0.1, -0.05) is 60.7 Å². The molecule has 1 heterocycles. The predicted molar refractivity (Wildman–Crippen MR) is 91.1 cm³/mol. The van der Waals surface area contributed by atoms with Crippen molar-refractivity contribution in [1.82, 2.24) is 4.98 Å². The summed E-state index contributed by atoms with van der Waals surface area (Å²) in [6.45, 7) is 0. The van der Waals surface area contributed by atoms with Gasteiger partial charge in [0.05, 0.1) is 0 Å². The van der Waals surface area contributed by atoms with Crippen LogP contribution in [0.1, 0.15) is 0 Å². The van der Waals surface area contributed by atoms with Crippen molar-refractivity contribution in [3.8, 4) is 11.1 Å². The number of rotatable bonds is 2. The zero-order valence-electron chi connectivity index (χ0n) is 11.8. The smallest absolute Gasteiger partial charge is 0.423 e. The van der Waals surface area contributed by atoms with Gasteiger partial charge in [-0.15, -0.1) is 0 Å². The average Bonchev–Trinajstić information content (AvgIpc) is 2.94. The molecule has 0 aliphatic heterocycles. The van der Waals surface area contributed by atoms with Crippen molar-refractivity contribution in [2.45, 2.75) is 0 Å². The Morgan fingerprint density at radius 1 is 0.773 bits per heavy atom. The monoisotopic (exact) mass is 287 g/mol. The lowest BCUT2D eigenvalue weighted by Gasteiger charge is -2.08. The highest BCUT2D eigenvalue weighted by atomic mass is 16.4. The highest BCUT2D eigenvalue weighted by Crippen LogP contribution is 2.33. The Bertz CT molecular complexity index is 961. The van der Waals surface area contributed by atoms with Gasteiger partial charge in [0.15, 0.2) is 0 Å². The van der Waals surface area contributed by atoms with Gasteiger partial charge in [-0.05, 0) is 17.2 Å². The molecule has 3 aromatic carbocycles. The van der Waals surface area contributed by atoms with Crippen LogP contribution in [0.3, 0.4) is 0 Å². The third-order valence-corrected chi connectivity index (χ3v) is 4.06. The van der Waals surface area contributed by atoms with E-state index in [4.69, 9.17) is 0 Å².